The molecule has 2 aromatic carbocycles. The number of nitro benzene ring substituents is 1. The lowest BCUT2D eigenvalue weighted by Crippen LogP contribution is -2.29. The Hall–Kier alpha value is -2.55. The van der Waals surface area contributed by atoms with Gasteiger partial charge in [0.1, 0.15) is 16.5 Å². The van der Waals surface area contributed by atoms with Crippen LogP contribution in [0.5, 0.6) is 0 Å². The van der Waals surface area contributed by atoms with Crippen LogP contribution in [0.4, 0.5) is 20.2 Å². The van der Waals surface area contributed by atoms with Gasteiger partial charge < -0.3 is 0 Å². The van der Waals surface area contributed by atoms with Crippen LogP contribution in [0.25, 0.3) is 0 Å². The molecule has 0 fully saturated rings. The van der Waals surface area contributed by atoms with E-state index >= 15 is 0 Å². The summed E-state index contributed by atoms with van der Waals surface area (Å²) in [5, 5.41) is 10.9. The van der Waals surface area contributed by atoms with Gasteiger partial charge in [0.05, 0.1) is 10.6 Å². The Morgan fingerprint density at radius 3 is 2.52 bits per heavy atom. The molecule has 0 saturated heterocycles. The predicted octanol–water partition coefficient (Wildman–Crippen LogP) is 2.62. The zero-order valence-corrected chi connectivity index (χ0v) is 12.4. The van der Waals surface area contributed by atoms with Crippen molar-refractivity contribution < 1.29 is 22.1 Å². The lowest BCUT2D eigenvalue weighted by Gasteiger charge is -2.19. The van der Waals surface area contributed by atoms with Crippen LogP contribution < -0.4 is 4.31 Å². The predicted molar refractivity (Wildman–Crippen MR) is 77.7 cm³/mol. The minimum atomic E-state index is -4.27. The summed E-state index contributed by atoms with van der Waals surface area (Å²) in [4.78, 5) is 9.55. The minimum Gasteiger partial charge on any atom is -0.265 e. The van der Waals surface area contributed by atoms with Crippen LogP contribution in [0, 0.1) is 21.7 Å². The van der Waals surface area contributed by atoms with Gasteiger partial charge in [-0.1, -0.05) is 6.07 Å². The van der Waals surface area contributed by atoms with E-state index in [2.05, 4.69) is 0 Å². The minimum absolute atomic E-state index is 0.0374. The topological polar surface area (TPSA) is 80.5 Å². The number of nitrogens with zero attached hydrogens (tertiary/aromatic N) is 2. The summed E-state index contributed by atoms with van der Waals surface area (Å²) >= 11 is 0. The van der Waals surface area contributed by atoms with Gasteiger partial charge in [-0.15, -0.1) is 0 Å². The summed E-state index contributed by atoms with van der Waals surface area (Å²) in [7, 11) is -4.27. The van der Waals surface area contributed by atoms with Crippen LogP contribution in [0.2, 0.25) is 0 Å². The molecular weight excluding hydrogens is 330 g/mol. The first-order valence-corrected chi connectivity index (χ1v) is 8.00. The zero-order chi connectivity index (χ0) is 16.8. The lowest BCUT2D eigenvalue weighted by molar-refractivity contribution is -0.384. The Bertz CT molecular complexity index is 915. The maximum absolute atomic E-state index is 13.8. The first kappa shape index (κ1) is 15.3. The zero-order valence-electron chi connectivity index (χ0n) is 11.6. The van der Waals surface area contributed by atoms with Crippen molar-refractivity contribution in [2.45, 2.75) is 11.3 Å². The van der Waals surface area contributed by atoms with Gasteiger partial charge >= 0.3 is 0 Å². The highest BCUT2D eigenvalue weighted by Gasteiger charge is 2.34. The van der Waals surface area contributed by atoms with Gasteiger partial charge in [0.15, 0.2) is 0 Å². The van der Waals surface area contributed by atoms with Crippen LogP contribution in [0.15, 0.2) is 41.3 Å². The maximum atomic E-state index is 13.8. The molecule has 6 nitrogen and oxygen atoms in total. The van der Waals surface area contributed by atoms with Crippen LogP contribution in [-0.4, -0.2) is 19.9 Å². The average molecular weight is 340 g/mol. The Morgan fingerprint density at radius 2 is 1.87 bits per heavy atom. The fourth-order valence-electron chi connectivity index (χ4n) is 2.50. The summed E-state index contributed by atoms with van der Waals surface area (Å²) in [6.45, 7) is 0.0374. The molecule has 1 aliphatic rings. The van der Waals surface area contributed by atoms with Crippen LogP contribution in [0.3, 0.4) is 0 Å². The summed E-state index contributed by atoms with van der Waals surface area (Å²) in [5.41, 5.74) is 0.495. The summed E-state index contributed by atoms with van der Waals surface area (Å²) in [6, 6.07) is 6.08. The third-order valence-electron chi connectivity index (χ3n) is 3.59. The maximum Gasteiger partial charge on any atom is 0.271 e. The van der Waals surface area contributed by atoms with Crippen LogP contribution in [0.1, 0.15) is 5.56 Å². The number of non-ortho nitro benzene ring substituents is 1. The standard InChI is InChI=1S/C14H10F2N2O4S/c15-10-2-4-14(12(16)7-10)23(21,22)17-6-5-9-1-3-11(18(19)20)8-13(9)17/h1-4,7-8H,5-6H2. The van der Waals surface area contributed by atoms with Gasteiger partial charge in [-0.3, -0.25) is 14.4 Å². The van der Waals surface area contributed by atoms with Crippen LogP contribution >= 0.6 is 0 Å². The van der Waals surface area contributed by atoms with E-state index in [0.717, 1.165) is 22.5 Å². The number of sulfonamides is 1. The molecule has 0 bridgehead atoms. The molecule has 0 saturated carbocycles. The molecule has 1 aliphatic heterocycles. The van der Waals surface area contributed by atoms with Crippen molar-refractivity contribution in [3.05, 3.63) is 63.7 Å². The lowest BCUT2D eigenvalue weighted by atomic mass is 10.1. The normalized spacial score (nSPS) is 13.9. The molecule has 0 aliphatic carbocycles. The Balaban J connectivity index is 2.10. The Kier molecular flexibility index (Phi) is 3.52. The van der Waals surface area contributed by atoms with Crippen molar-refractivity contribution in [3.8, 4) is 0 Å². The average Bonchev–Trinajstić information content (AvgIpc) is 2.90. The molecule has 0 radical (unpaired) electrons. The van der Waals surface area contributed by atoms with Gasteiger partial charge in [0.2, 0.25) is 0 Å². The molecule has 120 valence electrons. The van der Waals surface area contributed by atoms with Crippen molar-refractivity contribution in [1.29, 1.82) is 0 Å². The molecule has 23 heavy (non-hydrogen) atoms. The quantitative estimate of drug-likeness (QED) is 0.635. The van der Waals surface area contributed by atoms with Crippen molar-refractivity contribution in [2.24, 2.45) is 0 Å². The summed E-state index contributed by atoms with van der Waals surface area (Å²) in [6.07, 6.45) is 0.357. The van der Waals surface area contributed by atoms with Crippen LogP contribution in [-0.2, 0) is 16.4 Å². The monoisotopic (exact) mass is 340 g/mol. The highest BCUT2D eigenvalue weighted by atomic mass is 32.2. The van der Waals surface area contributed by atoms with E-state index in [0.29, 0.717) is 18.1 Å². The Labute approximate surface area is 130 Å². The van der Waals surface area contributed by atoms with E-state index < -0.39 is 31.5 Å². The van der Waals surface area contributed by atoms with E-state index in [4.69, 9.17) is 0 Å². The number of rotatable bonds is 3. The first-order valence-electron chi connectivity index (χ1n) is 6.56. The number of anilines is 1. The molecule has 2 aromatic rings. The van der Waals surface area contributed by atoms with E-state index in [1.807, 2.05) is 0 Å². The van der Waals surface area contributed by atoms with Gasteiger partial charge in [-0.05, 0) is 24.1 Å². The number of hydrogen-bond donors (Lipinski definition) is 0. The molecule has 0 aromatic heterocycles. The number of halogens is 2. The summed E-state index contributed by atoms with van der Waals surface area (Å²) < 4.78 is 52.9. The first-order chi connectivity index (χ1) is 10.8. The molecule has 0 N–H and O–H groups in total. The van der Waals surface area contributed by atoms with Gasteiger partial charge in [-0.2, -0.15) is 0 Å². The van der Waals surface area contributed by atoms with Crippen molar-refractivity contribution in [2.75, 3.05) is 10.8 Å². The second-order valence-electron chi connectivity index (χ2n) is 4.97. The molecule has 0 spiro atoms. The molecule has 0 unspecified atom stereocenters. The molecule has 0 atom stereocenters. The Morgan fingerprint density at radius 1 is 1.13 bits per heavy atom. The smallest absolute Gasteiger partial charge is 0.265 e. The molecule has 9 heteroatoms. The number of benzene rings is 2. The van der Waals surface area contributed by atoms with E-state index in [-0.39, 0.29) is 17.9 Å². The van der Waals surface area contributed by atoms with Gasteiger partial charge in [0.25, 0.3) is 15.7 Å². The van der Waals surface area contributed by atoms with Gasteiger partial charge in [0, 0.05) is 24.7 Å². The van der Waals surface area contributed by atoms with Gasteiger partial charge in [-0.25, -0.2) is 17.2 Å². The third-order valence-corrected chi connectivity index (χ3v) is 5.44. The number of fused-ring (bicyclic) bond motifs is 1. The van der Waals surface area contributed by atoms with E-state index in [9.17, 15) is 27.3 Å². The van der Waals surface area contributed by atoms with Crippen molar-refractivity contribution >= 4 is 21.4 Å². The fourth-order valence-corrected chi connectivity index (χ4v) is 4.05. The second-order valence-corrected chi connectivity index (χ2v) is 6.80. The molecule has 1 heterocycles. The molecule has 3 rings (SSSR count). The SMILES string of the molecule is O=[N+]([O-])c1ccc2c(c1)N(S(=O)(=O)c1ccc(F)cc1F)CC2. The molecule has 0 amide bonds. The number of nitro groups is 1. The van der Waals surface area contributed by atoms with E-state index in [1.165, 1.54) is 12.1 Å². The summed E-state index contributed by atoms with van der Waals surface area (Å²) in [5.74, 6) is -2.09. The largest absolute Gasteiger partial charge is 0.271 e. The van der Waals surface area contributed by atoms with E-state index in [1.54, 1.807) is 0 Å². The molecular formula is C14H10F2N2O4S. The number of hydrogen-bond acceptors (Lipinski definition) is 4. The van der Waals surface area contributed by atoms with Crippen molar-refractivity contribution in [1.82, 2.24) is 0 Å². The second kappa shape index (κ2) is 5.27. The highest BCUT2D eigenvalue weighted by Crippen LogP contribution is 2.36. The highest BCUT2D eigenvalue weighted by molar-refractivity contribution is 7.92. The van der Waals surface area contributed by atoms with Crippen molar-refractivity contribution in [3.63, 3.8) is 0 Å². The fraction of sp³-hybridized carbons (Fsp3) is 0.143. The third kappa shape index (κ3) is 2.52.